The van der Waals surface area contributed by atoms with E-state index in [4.69, 9.17) is 0 Å². The highest BCUT2D eigenvalue weighted by Gasteiger charge is 2.34. The van der Waals surface area contributed by atoms with E-state index in [9.17, 15) is 0 Å². The van der Waals surface area contributed by atoms with Gasteiger partial charge in [0, 0.05) is 11.5 Å². The van der Waals surface area contributed by atoms with Gasteiger partial charge < -0.3 is 5.32 Å². The Bertz CT molecular complexity index is 1600. The van der Waals surface area contributed by atoms with Crippen molar-refractivity contribution in [1.29, 1.82) is 0 Å². The largest absolute Gasteiger partial charge is 0.300 e. The van der Waals surface area contributed by atoms with E-state index in [1.807, 2.05) is 0 Å². The van der Waals surface area contributed by atoms with Crippen molar-refractivity contribution >= 4 is 11.1 Å². The van der Waals surface area contributed by atoms with Gasteiger partial charge in [-0.3, -0.25) is 0 Å². The van der Waals surface area contributed by atoms with Crippen molar-refractivity contribution in [3.63, 3.8) is 0 Å². The van der Waals surface area contributed by atoms with Crippen molar-refractivity contribution < 1.29 is 0 Å². The fraction of sp³-hybridized carbons (Fsp3) is 0.231. The lowest BCUT2D eigenvalue weighted by molar-refractivity contribution is 0.622. The van der Waals surface area contributed by atoms with Crippen molar-refractivity contribution in [1.82, 2.24) is 5.32 Å². The number of rotatable bonds is 7. The third kappa shape index (κ3) is 4.91. The van der Waals surface area contributed by atoms with Crippen molar-refractivity contribution in [3.05, 3.63) is 155 Å². The molecule has 0 saturated heterocycles. The molecule has 4 aromatic rings. The number of nitrogens with one attached hydrogen (secondary N) is 1. The van der Waals surface area contributed by atoms with Crippen LogP contribution in [0, 0.1) is 0 Å². The lowest BCUT2D eigenvalue weighted by Crippen LogP contribution is -2.23. The standard InChI is InChI=1S/C39H39N/c1-5-6-12-29(19-17-28-18-24-37-35(25-28)33-15-10-11-16-36(33)39(37,3)4)30-20-22-32(23-21-30)38-26-34(27(2)40-38)31-13-8-7-9-14-31/h6-16,18-27,38,40H,5,17H2,1-4H3/b12-6-,29-19+. The topological polar surface area (TPSA) is 12.0 Å². The molecule has 0 spiro atoms. The molecule has 0 radical (unpaired) electrons. The van der Waals surface area contributed by atoms with Gasteiger partial charge in [-0.25, -0.2) is 0 Å². The van der Waals surface area contributed by atoms with Crippen LogP contribution in [0.5, 0.6) is 0 Å². The second kappa shape index (κ2) is 10.9. The average Bonchev–Trinajstić information content (AvgIpc) is 3.48. The molecule has 1 N–H and O–H groups in total. The molecule has 0 amide bonds. The molecule has 2 unspecified atom stereocenters. The minimum atomic E-state index is 0.0556. The van der Waals surface area contributed by atoms with Crippen LogP contribution in [0.4, 0.5) is 0 Å². The van der Waals surface area contributed by atoms with E-state index < -0.39 is 0 Å². The van der Waals surface area contributed by atoms with Gasteiger partial charge in [-0.1, -0.05) is 142 Å². The van der Waals surface area contributed by atoms with Crippen molar-refractivity contribution in [3.8, 4) is 11.1 Å². The Labute approximate surface area is 240 Å². The van der Waals surface area contributed by atoms with Gasteiger partial charge >= 0.3 is 0 Å². The molecule has 4 aromatic carbocycles. The summed E-state index contributed by atoms with van der Waals surface area (Å²) in [6.45, 7) is 9.13. The molecule has 40 heavy (non-hydrogen) atoms. The van der Waals surface area contributed by atoms with Crippen LogP contribution in [-0.2, 0) is 11.8 Å². The minimum absolute atomic E-state index is 0.0556. The molecule has 2 atom stereocenters. The smallest absolute Gasteiger partial charge is 0.0517 e. The summed E-state index contributed by atoms with van der Waals surface area (Å²) in [6.07, 6.45) is 11.2. The summed E-state index contributed by atoms with van der Waals surface area (Å²) >= 11 is 0. The van der Waals surface area contributed by atoms with Gasteiger partial charge in [0.15, 0.2) is 0 Å². The molecule has 1 nitrogen and oxygen atoms in total. The summed E-state index contributed by atoms with van der Waals surface area (Å²) in [6, 6.07) is 36.4. The van der Waals surface area contributed by atoms with Crippen LogP contribution in [0.25, 0.3) is 22.3 Å². The Hall–Kier alpha value is -3.94. The molecule has 0 saturated carbocycles. The van der Waals surface area contributed by atoms with E-state index in [0.717, 1.165) is 12.8 Å². The van der Waals surface area contributed by atoms with Crippen LogP contribution in [0.2, 0.25) is 0 Å². The number of fused-ring (bicyclic) bond motifs is 3. The van der Waals surface area contributed by atoms with Crippen LogP contribution in [-0.4, -0.2) is 6.04 Å². The molecule has 2 aliphatic rings. The van der Waals surface area contributed by atoms with Gasteiger partial charge in [0.05, 0.1) is 6.04 Å². The summed E-state index contributed by atoms with van der Waals surface area (Å²) in [4.78, 5) is 0. The van der Waals surface area contributed by atoms with E-state index >= 15 is 0 Å². The first-order valence-corrected chi connectivity index (χ1v) is 14.7. The highest BCUT2D eigenvalue weighted by Crippen LogP contribution is 2.48. The molecule has 6 rings (SSSR count). The van der Waals surface area contributed by atoms with Gasteiger partial charge in [-0.2, -0.15) is 0 Å². The number of allylic oxidation sites excluding steroid dienone is 4. The molecular formula is C39H39N. The lowest BCUT2D eigenvalue weighted by atomic mass is 9.82. The highest BCUT2D eigenvalue weighted by atomic mass is 15.0. The summed E-state index contributed by atoms with van der Waals surface area (Å²) < 4.78 is 0. The Morgan fingerprint density at radius 1 is 0.825 bits per heavy atom. The third-order valence-electron chi connectivity index (χ3n) is 8.69. The second-order valence-corrected chi connectivity index (χ2v) is 11.7. The zero-order valence-corrected chi connectivity index (χ0v) is 24.1. The van der Waals surface area contributed by atoms with E-state index in [0.29, 0.717) is 6.04 Å². The summed E-state index contributed by atoms with van der Waals surface area (Å²) in [7, 11) is 0. The first-order chi connectivity index (χ1) is 19.5. The molecule has 0 aromatic heterocycles. The van der Waals surface area contributed by atoms with Crippen LogP contribution >= 0.6 is 0 Å². The lowest BCUT2D eigenvalue weighted by Gasteiger charge is -2.21. The predicted molar refractivity (Wildman–Crippen MR) is 171 cm³/mol. The van der Waals surface area contributed by atoms with Crippen LogP contribution in [0.15, 0.2) is 121 Å². The molecular weight excluding hydrogens is 482 g/mol. The average molecular weight is 522 g/mol. The fourth-order valence-corrected chi connectivity index (χ4v) is 6.43. The van der Waals surface area contributed by atoms with Crippen LogP contribution in [0.1, 0.15) is 73.5 Å². The fourth-order valence-electron chi connectivity index (χ4n) is 6.43. The first kappa shape index (κ1) is 26.3. The molecule has 1 aliphatic heterocycles. The Balaban J connectivity index is 1.25. The molecule has 200 valence electrons. The van der Waals surface area contributed by atoms with Gasteiger partial charge in [0.25, 0.3) is 0 Å². The summed E-state index contributed by atoms with van der Waals surface area (Å²) in [5.41, 5.74) is 13.6. The van der Waals surface area contributed by atoms with Crippen molar-refractivity contribution in [2.75, 3.05) is 0 Å². The maximum Gasteiger partial charge on any atom is 0.0517 e. The number of hydrogen-bond donors (Lipinski definition) is 1. The van der Waals surface area contributed by atoms with Gasteiger partial charge in [0.1, 0.15) is 0 Å². The normalized spacial score (nSPS) is 19.5. The van der Waals surface area contributed by atoms with Gasteiger partial charge in [0.2, 0.25) is 0 Å². The summed E-state index contributed by atoms with van der Waals surface area (Å²) in [5.74, 6) is 0. The Kier molecular flexibility index (Phi) is 7.17. The van der Waals surface area contributed by atoms with Crippen LogP contribution in [0.3, 0.4) is 0 Å². The predicted octanol–water partition coefficient (Wildman–Crippen LogP) is 9.70. The minimum Gasteiger partial charge on any atom is -0.300 e. The van der Waals surface area contributed by atoms with Crippen molar-refractivity contribution in [2.24, 2.45) is 0 Å². The molecule has 1 aliphatic carbocycles. The Morgan fingerprint density at radius 3 is 2.33 bits per heavy atom. The second-order valence-electron chi connectivity index (χ2n) is 11.7. The molecule has 0 bridgehead atoms. The third-order valence-corrected chi connectivity index (χ3v) is 8.69. The summed E-state index contributed by atoms with van der Waals surface area (Å²) in [5, 5.41) is 3.76. The number of benzene rings is 4. The number of hydrogen-bond acceptors (Lipinski definition) is 1. The van der Waals surface area contributed by atoms with Gasteiger partial charge in [-0.15, -0.1) is 0 Å². The quantitative estimate of drug-likeness (QED) is 0.239. The van der Waals surface area contributed by atoms with Crippen LogP contribution < -0.4 is 5.32 Å². The zero-order chi connectivity index (χ0) is 27.7. The molecule has 1 heterocycles. The SMILES string of the molecule is CC/C=C\C(=C/Cc1ccc2c(c1)-c1ccccc1C2(C)C)c1ccc(C2C=C(c3ccccc3)C(C)N2)cc1. The first-order valence-electron chi connectivity index (χ1n) is 14.7. The Morgan fingerprint density at radius 2 is 1.55 bits per heavy atom. The molecule has 1 heteroatoms. The van der Waals surface area contributed by atoms with Crippen molar-refractivity contribution in [2.45, 2.75) is 58.0 Å². The van der Waals surface area contributed by atoms with E-state index in [-0.39, 0.29) is 11.5 Å². The zero-order valence-electron chi connectivity index (χ0n) is 24.1. The maximum absolute atomic E-state index is 3.76. The van der Waals surface area contributed by atoms with E-state index in [1.54, 1.807) is 0 Å². The molecule has 0 fully saturated rings. The van der Waals surface area contributed by atoms with E-state index in [1.165, 1.54) is 55.7 Å². The maximum atomic E-state index is 3.76. The monoisotopic (exact) mass is 521 g/mol. The van der Waals surface area contributed by atoms with E-state index in [2.05, 4.69) is 154 Å². The van der Waals surface area contributed by atoms with Gasteiger partial charge in [-0.05, 0) is 75.4 Å². The highest BCUT2D eigenvalue weighted by molar-refractivity contribution is 5.81.